The zero-order valence-electron chi connectivity index (χ0n) is 6.03. The van der Waals surface area contributed by atoms with E-state index in [2.05, 4.69) is 5.32 Å². The Balaban J connectivity index is 3.99. The molecule has 0 rings (SSSR count). The van der Waals surface area contributed by atoms with Gasteiger partial charge in [-0.25, -0.2) is 4.79 Å². The molecule has 0 aromatic carbocycles. The Morgan fingerprint density at radius 3 is 2.45 bits per heavy atom. The number of carboxylic acids is 1. The molecule has 0 aliphatic carbocycles. The zero-order chi connectivity index (χ0) is 8.85. The van der Waals surface area contributed by atoms with Crippen LogP contribution in [0.3, 0.4) is 0 Å². The van der Waals surface area contributed by atoms with E-state index >= 15 is 0 Å². The van der Waals surface area contributed by atoms with Crippen LogP contribution in [0.1, 0.15) is 13.3 Å². The van der Waals surface area contributed by atoms with Gasteiger partial charge in [0.1, 0.15) is 12.3 Å². The summed E-state index contributed by atoms with van der Waals surface area (Å²) in [6.45, 7) is 1.20. The van der Waals surface area contributed by atoms with Crippen molar-refractivity contribution in [2.75, 3.05) is 0 Å². The molecule has 1 atom stereocenters. The lowest BCUT2D eigenvalue weighted by molar-refractivity contribution is -0.142. The molecule has 0 aromatic heterocycles. The van der Waals surface area contributed by atoms with Gasteiger partial charge in [0, 0.05) is 13.3 Å². The molecule has 0 fully saturated rings. The molecular weight excluding hydrogens is 150 g/mol. The van der Waals surface area contributed by atoms with Gasteiger partial charge in [-0.15, -0.1) is 0 Å². The van der Waals surface area contributed by atoms with Crippen molar-refractivity contribution in [3.8, 4) is 0 Å². The van der Waals surface area contributed by atoms with Crippen LogP contribution >= 0.6 is 0 Å². The zero-order valence-corrected chi connectivity index (χ0v) is 6.03. The summed E-state index contributed by atoms with van der Waals surface area (Å²) in [7, 11) is 0. The first-order chi connectivity index (χ1) is 5.07. The Morgan fingerprint density at radius 2 is 2.18 bits per heavy atom. The van der Waals surface area contributed by atoms with Crippen LogP contribution in [0, 0.1) is 0 Å². The average molecular weight is 159 g/mol. The Morgan fingerprint density at radius 1 is 1.64 bits per heavy atom. The van der Waals surface area contributed by atoms with Crippen LogP contribution in [-0.2, 0) is 14.4 Å². The van der Waals surface area contributed by atoms with E-state index in [0.717, 1.165) is 0 Å². The molecule has 0 heterocycles. The predicted molar refractivity (Wildman–Crippen MR) is 35.9 cm³/mol. The second-order valence-electron chi connectivity index (χ2n) is 1.99. The van der Waals surface area contributed by atoms with Gasteiger partial charge in [-0.05, 0) is 0 Å². The summed E-state index contributed by atoms with van der Waals surface area (Å²) in [5, 5.41) is 10.5. The van der Waals surface area contributed by atoms with Crippen molar-refractivity contribution in [3.63, 3.8) is 0 Å². The number of amides is 1. The van der Waals surface area contributed by atoms with E-state index in [1.54, 1.807) is 0 Å². The minimum absolute atomic E-state index is 0.199. The summed E-state index contributed by atoms with van der Waals surface area (Å²) in [6, 6.07) is -1.09. The fourth-order valence-corrected chi connectivity index (χ4v) is 0.563. The fourth-order valence-electron chi connectivity index (χ4n) is 0.563. The van der Waals surface area contributed by atoms with Crippen molar-refractivity contribution < 1.29 is 19.5 Å². The molecule has 0 saturated carbocycles. The smallest absolute Gasteiger partial charge is 0.326 e. The van der Waals surface area contributed by atoms with Gasteiger partial charge in [-0.3, -0.25) is 4.79 Å². The lowest BCUT2D eigenvalue weighted by Gasteiger charge is -2.08. The largest absolute Gasteiger partial charge is 0.480 e. The van der Waals surface area contributed by atoms with Gasteiger partial charge in [-0.1, -0.05) is 0 Å². The van der Waals surface area contributed by atoms with Crippen molar-refractivity contribution in [1.29, 1.82) is 0 Å². The van der Waals surface area contributed by atoms with Gasteiger partial charge in [0.2, 0.25) is 5.91 Å². The first kappa shape index (κ1) is 9.61. The highest BCUT2D eigenvalue weighted by Gasteiger charge is 2.16. The topological polar surface area (TPSA) is 83.5 Å². The van der Waals surface area contributed by atoms with Gasteiger partial charge >= 0.3 is 5.97 Å². The maximum atomic E-state index is 10.3. The minimum Gasteiger partial charge on any atom is -0.480 e. The van der Waals surface area contributed by atoms with Crippen molar-refractivity contribution in [2.45, 2.75) is 19.4 Å². The normalized spacial score (nSPS) is 11.7. The molecule has 2 N–H and O–H groups in total. The molecule has 11 heavy (non-hydrogen) atoms. The third kappa shape index (κ3) is 4.07. The molecule has 1 amide bonds. The van der Waals surface area contributed by atoms with E-state index < -0.39 is 17.9 Å². The summed E-state index contributed by atoms with van der Waals surface area (Å²) in [5.41, 5.74) is 0. The molecule has 0 aromatic rings. The molecular formula is C6H9NO4. The van der Waals surface area contributed by atoms with Gasteiger partial charge < -0.3 is 15.2 Å². The number of rotatable bonds is 4. The van der Waals surface area contributed by atoms with E-state index in [1.807, 2.05) is 0 Å². The minimum atomic E-state index is -1.20. The monoisotopic (exact) mass is 159 g/mol. The van der Waals surface area contributed by atoms with Crippen LogP contribution in [0.15, 0.2) is 0 Å². The number of aldehydes is 1. The first-order valence-electron chi connectivity index (χ1n) is 3.01. The quantitative estimate of drug-likeness (QED) is 0.524. The van der Waals surface area contributed by atoms with Crippen LogP contribution in [0.5, 0.6) is 0 Å². The van der Waals surface area contributed by atoms with Crippen molar-refractivity contribution in [2.24, 2.45) is 0 Å². The summed E-state index contributed by atoms with van der Waals surface area (Å²) in [6.07, 6.45) is 0.254. The van der Waals surface area contributed by atoms with Gasteiger partial charge in [-0.2, -0.15) is 0 Å². The van der Waals surface area contributed by atoms with Crippen LogP contribution < -0.4 is 5.32 Å². The van der Waals surface area contributed by atoms with E-state index in [0.29, 0.717) is 6.29 Å². The molecule has 0 aliphatic heterocycles. The van der Waals surface area contributed by atoms with E-state index in [-0.39, 0.29) is 6.42 Å². The summed E-state index contributed by atoms with van der Waals surface area (Å²) in [5.74, 6) is -1.66. The molecule has 0 saturated heterocycles. The second kappa shape index (κ2) is 4.43. The SMILES string of the molecule is CC(=O)N[C@H](CC=O)C(=O)O. The van der Waals surface area contributed by atoms with Gasteiger partial charge in [0.25, 0.3) is 0 Å². The predicted octanol–water partition coefficient (Wildman–Crippen LogP) is -0.835. The highest BCUT2D eigenvalue weighted by Crippen LogP contribution is 1.88. The molecule has 0 unspecified atom stereocenters. The third-order valence-electron chi connectivity index (χ3n) is 1.01. The van der Waals surface area contributed by atoms with Gasteiger partial charge in [0.05, 0.1) is 0 Å². The fraction of sp³-hybridized carbons (Fsp3) is 0.500. The highest BCUT2D eigenvalue weighted by atomic mass is 16.4. The number of nitrogens with one attached hydrogen (secondary N) is 1. The highest BCUT2D eigenvalue weighted by molar-refractivity contribution is 5.83. The maximum Gasteiger partial charge on any atom is 0.326 e. The first-order valence-corrected chi connectivity index (χ1v) is 3.01. The van der Waals surface area contributed by atoms with E-state index in [9.17, 15) is 14.4 Å². The number of aliphatic carboxylic acids is 1. The number of carbonyl (C=O) groups is 3. The maximum absolute atomic E-state index is 10.3. The number of hydrogen-bond acceptors (Lipinski definition) is 3. The molecule has 5 nitrogen and oxygen atoms in total. The van der Waals surface area contributed by atoms with Crippen LogP contribution in [0.25, 0.3) is 0 Å². The third-order valence-corrected chi connectivity index (χ3v) is 1.01. The van der Waals surface area contributed by atoms with Crippen LogP contribution in [0.4, 0.5) is 0 Å². The molecule has 0 radical (unpaired) electrons. The van der Waals surface area contributed by atoms with Crippen molar-refractivity contribution >= 4 is 18.2 Å². The Bertz CT molecular complexity index is 177. The Hall–Kier alpha value is -1.39. The lowest BCUT2D eigenvalue weighted by atomic mass is 10.2. The van der Waals surface area contributed by atoms with Crippen LogP contribution in [-0.4, -0.2) is 29.3 Å². The van der Waals surface area contributed by atoms with Gasteiger partial charge in [0.15, 0.2) is 0 Å². The summed E-state index contributed by atoms with van der Waals surface area (Å²) in [4.78, 5) is 30.5. The number of carbonyl (C=O) groups excluding carboxylic acids is 2. The lowest BCUT2D eigenvalue weighted by Crippen LogP contribution is -2.39. The summed E-state index contributed by atoms with van der Waals surface area (Å²) >= 11 is 0. The van der Waals surface area contributed by atoms with Crippen molar-refractivity contribution in [3.05, 3.63) is 0 Å². The molecule has 62 valence electrons. The average Bonchev–Trinajstić information content (AvgIpc) is 1.86. The number of carboxylic acid groups (broad SMARTS) is 1. The second-order valence-corrected chi connectivity index (χ2v) is 1.99. The molecule has 0 aliphatic rings. The van der Waals surface area contributed by atoms with E-state index in [1.165, 1.54) is 6.92 Å². The van der Waals surface area contributed by atoms with Crippen molar-refractivity contribution in [1.82, 2.24) is 5.32 Å². The molecule has 0 bridgehead atoms. The van der Waals surface area contributed by atoms with E-state index in [4.69, 9.17) is 5.11 Å². The summed E-state index contributed by atoms with van der Waals surface area (Å²) < 4.78 is 0. The standard InChI is InChI=1S/C6H9NO4/c1-4(9)7-5(2-3-8)6(10)11/h3,5H,2H2,1H3,(H,7,9)(H,10,11)/t5-/m1/s1. The molecule has 5 heteroatoms. The molecule has 0 spiro atoms. The number of hydrogen-bond donors (Lipinski definition) is 2. The Labute approximate surface area is 63.4 Å². The Kier molecular flexibility index (Phi) is 3.87. The van der Waals surface area contributed by atoms with Crippen LogP contribution in [0.2, 0.25) is 0 Å².